The SMILES string of the molecule is Cc1cccnc1NC(CO)(CO)CO. The highest BCUT2D eigenvalue weighted by Gasteiger charge is 2.28. The molecule has 0 aromatic carbocycles. The predicted molar refractivity (Wildman–Crippen MR) is 56.6 cm³/mol. The van der Waals surface area contributed by atoms with E-state index in [4.69, 9.17) is 15.3 Å². The van der Waals surface area contributed by atoms with Crippen molar-refractivity contribution >= 4 is 5.82 Å². The Morgan fingerprint density at radius 1 is 1.27 bits per heavy atom. The maximum absolute atomic E-state index is 9.12. The maximum atomic E-state index is 9.12. The molecule has 0 unspecified atom stereocenters. The molecular formula is C10H16N2O3. The standard InChI is InChI=1S/C10H16N2O3/c1-8-3-2-4-11-9(8)12-10(5-13,6-14)7-15/h2-4,13-15H,5-7H2,1H3,(H,11,12). The van der Waals surface area contributed by atoms with Crippen LogP contribution >= 0.6 is 0 Å². The fraction of sp³-hybridized carbons (Fsp3) is 0.500. The zero-order valence-electron chi connectivity index (χ0n) is 8.64. The normalized spacial score (nSPS) is 11.5. The van der Waals surface area contributed by atoms with Gasteiger partial charge in [-0.05, 0) is 18.6 Å². The first kappa shape index (κ1) is 11.9. The van der Waals surface area contributed by atoms with Gasteiger partial charge in [0.25, 0.3) is 0 Å². The lowest BCUT2D eigenvalue weighted by atomic mass is 10.0. The molecule has 0 bridgehead atoms. The number of hydrogen-bond acceptors (Lipinski definition) is 5. The lowest BCUT2D eigenvalue weighted by Crippen LogP contribution is -2.49. The predicted octanol–water partition coefficient (Wildman–Crippen LogP) is -0.482. The minimum absolute atomic E-state index is 0.365. The van der Waals surface area contributed by atoms with Crippen molar-refractivity contribution in [2.24, 2.45) is 0 Å². The molecule has 0 aliphatic heterocycles. The van der Waals surface area contributed by atoms with Crippen LogP contribution in [0.5, 0.6) is 0 Å². The van der Waals surface area contributed by atoms with E-state index >= 15 is 0 Å². The molecule has 0 atom stereocenters. The van der Waals surface area contributed by atoms with Gasteiger partial charge in [0.2, 0.25) is 0 Å². The Bertz CT molecular complexity index is 305. The summed E-state index contributed by atoms with van der Waals surface area (Å²) < 4.78 is 0. The summed E-state index contributed by atoms with van der Waals surface area (Å²) in [6.07, 6.45) is 1.60. The van der Waals surface area contributed by atoms with Crippen molar-refractivity contribution in [3.63, 3.8) is 0 Å². The van der Waals surface area contributed by atoms with Crippen molar-refractivity contribution in [1.29, 1.82) is 0 Å². The summed E-state index contributed by atoms with van der Waals surface area (Å²) >= 11 is 0. The fourth-order valence-corrected chi connectivity index (χ4v) is 1.14. The summed E-state index contributed by atoms with van der Waals surface area (Å²) in [6.45, 7) is 0.758. The highest BCUT2D eigenvalue weighted by Crippen LogP contribution is 2.16. The van der Waals surface area contributed by atoms with Crippen molar-refractivity contribution in [1.82, 2.24) is 4.98 Å². The number of nitrogens with one attached hydrogen (secondary N) is 1. The van der Waals surface area contributed by atoms with Gasteiger partial charge in [-0.2, -0.15) is 0 Å². The van der Waals surface area contributed by atoms with E-state index < -0.39 is 5.54 Å². The molecule has 4 N–H and O–H groups in total. The van der Waals surface area contributed by atoms with Crippen LogP contribution in [0.25, 0.3) is 0 Å². The van der Waals surface area contributed by atoms with Crippen molar-refractivity contribution in [3.8, 4) is 0 Å². The minimum atomic E-state index is -1.13. The van der Waals surface area contributed by atoms with Gasteiger partial charge in [-0.15, -0.1) is 0 Å². The van der Waals surface area contributed by atoms with E-state index in [0.29, 0.717) is 5.82 Å². The highest BCUT2D eigenvalue weighted by molar-refractivity contribution is 5.45. The van der Waals surface area contributed by atoms with E-state index in [9.17, 15) is 0 Å². The molecular weight excluding hydrogens is 196 g/mol. The van der Waals surface area contributed by atoms with Gasteiger partial charge in [-0.25, -0.2) is 4.98 Å². The third kappa shape index (κ3) is 2.65. The van der Waals surface area contributed by atoms with Crippen LogP contribution < -0.4 is 5.32 Å². The monoisotopic (exact) mass is 212 g/mol. The Balaban J connectivity index is 2.88. The summed E-state index contributed by atoms with van der Waals surface area (Å²) in [6, 6.07) is 3.64. The molecule has 5 heteroatoms. The number of anilines is 1. The Kier molecular flexibility index (Phi) is 4.02. The average Bonchev–Trinajstić information content (AvgIpc) is 2.29. The molecule has 0 fully saturated rings. The molecule has 0 saturated heterocycles. The third-order valence-corrected chi connectivity index (χ3v) is 2.30. The molecule has 1 aromatic rings. The number of rotatable bonds is 5. The van der Waals surface area contributed by atoms with E-state index in [1.165, 1.54) is 0 Å². The number of aromatic nitrogens is 1. The Labute approximate surface area is 88.4 Å². The van der Waals surface area contributed by atoms with Gasteiger partial charge in [0, 0.05) is 6.20 Å². The molecule has 5 nitrogen and oxygen atoms in total. The van der Waals surface area contributed by atoms with Crippen LogP contribution in [0, 0.1) is 6.92 Å². The molecule has 84 valence electrons. The first-order valence-corrected chi connectivity index (χ1v) is 4.70. The van der Waals surface area contributed by atoms with E-state index in [2.05, 4.69) is 10.3 Å². The van der Waals surface area contributed by atoms with Crippen LogP contribution in [0.15, 0.2) is 18.3 Å². The molecule has 0 amide bonds. The van der Waals surface area contributed by atoms with Gasteiger partial charge in [0.1, 0.15) is 11.4 Å². The average molecular weight is 212 g/mol. The molecule has 1 heterocycles. The third-order valence-electron chi connectivity index (χ3n) is 2.30. The summed E-state index contributed by atoms with van der Waals surface area (Å²) in [5.74, 6) is 0.551. The van der Waals surface area contributed by atoms with Crippen LogP contribution in [0.1, 0.15) is 5.56 Å². The minimum Gasteiger partial charge on any atom is -0.394 e. The van der Waals surface area contributed by atoms with E-state index in [1.54, 1.807) is 12.3 Å². The first-order valence-electron chi connectivity index (χ1n) is 4.70. The van der Waals surface area contributed by atoms with Gasteiger partial charge in [0.05, 0.1) is 19.8 Å². The number of nitrogens with zero attached hydrogens (tertiary/aromatic N) is 1. The number of aliphatic hydroxyl groups is 3. The molecule has 0 radical (unpaired) electrons. The molecule has 15 heavy (non-hydrogen) atoms. The van der Waals surface area contributed by atoms with Crippen LogP contribution in [-0.4, -0.2) is 45.7 Å². The molecule has 0 spiro atoms. The second kappa shape index (κ2) is 5.06. The van der Waals surface area contributed by atoms with Crippen LogP contribution in [0.4, 0.5) is 5.82 Å². The van der Waals surface area contributed by atoms with Crippen LogP contribution in [0.3, 0.4) is 0 Å². The maximum Gasteiger partial charge on any atom is 0.129 e. The van der Waals surface area contributed by atoms with Crippen molar-refractivity contribution in [2.75, 3.05) is 25.1 Å². The topological polar surface area (TPSA) is 85.6 Å². The molecule has 0 aliphatic rings. The van der Waals surface area contributed by atoms with Gasteiger partial charge < -0.3 is 20.6 Å². The second-order valence-electron chi connectivity index (χ2n) is 3.55. The van der Waals surface area contributed by atoms with Crippen LogP contribution in [-0.2, 0) is 0 Å². The second-order valence-corrected chi connectivity index (χ2v) is 3.55. The Hall–Kier alpha value is -1.17. The van der Waals surface area contributed by atoms with E-state index in [0.717, 1.165) is 5.56 Å². The zero-order valence-corrected chi connectivity index (χ0v) is 8.64. The lowest BCUT2D eigenvalue weighted by molar-refractivity contribution is 0.0830. The van der Waals surface area contributed by atoms with Gasteiger partial charge >= 0.3 is 0 Å². The Morgan fingerprint density at radius 3 is 2.33 bits per heavy atom. The van der Waals surface area contributed by atoms with Gasteiger partial charge in [0.15, 0.2) is 0 Å². The fourth-order valence-electron chi connectivity index (χ4n) is 1.14. The molecule has 0 aliphatic carbocycles. The largest absolute Gasteiger partial charge is 0.394 e. The quantitative estimate of drug-likeness (QED) is 0.529. The summed E-state index contributed by atoms with van der Waals surface area (Å²) in [4.78, 5) is 4.06. The molecule has 1 aromatic heterocycles. The number of aliphatic hydroxyl groups excluding tert-OH is 3. The Morgan fingerprint density at radius 2 is 1.87 bits per heavy atom. The van der Waals surface area contributed by atoms with E-state index in [-0.39, 0.29) is 19.8 Å². The highest BCUT2D eigenvalue weighted by atomic mass is 16.3. The lowest BCUT2D eigenvalue weighted by Gasteiger charge is -2.29. The number of hydrogen-bond donors (Lipinski definition) is 4. The smallest absolute Gasteiger partial charge is 0.129 e. The summed E-state index contributed by atoms with van der Waals surface area (Å²) in [5, 5.41) is 30.2. The number of pyridine rings is 1. The van der Waals surface area contributed by atoms with E-state index in [1.807, 2.05) is 13.0 Å². The zero-order chi connectivity index (χ0) is 11.3. The van der Waals surface area contributed by atoms with Crippen molar-refractivity contribution in [2.45, 2.75) is 12.5 Å². The molecule has 0 saturated carbocycles. The number of aryl methyl sites for hydroxylation is 1. The van der Waals surface area contributed by atoms with Crippen molar-refractivity contribution in [3.05, 3.63) is 23.9 Å². The molecule has 1 rings (SSSR count). The van der Waals surface area contributed by atoms with Gasteiger partial charge in [-0.1, -0.05) is 6.07 Å². The summed E-state index contributed by atoms with van der Waals surface area (Å²) in [7, 11) is 0. The first-order chi connectivity index (χ1) is 7.17. The summed E-state index contributed by atoms with van der Waals surface area (Å²) in [5.41, 5.74) is -0.240. The van der Waals surface area contributed by atoms with Gasteiger partial charge in [-0.3, -0.25) is 0 Å². The van der Waals surface area contributed by atoms with Crippen LogP contribution in [0.2, 0.25) is 0 Å². The van der Waals surface area contributed by atoms with Crippen molar-refractivity contribution < 1.29 is 15.3 Å².